The Hall–Kier alpha value is -2.10. The number of allylic oxidation sites excluding steroid dienone is 1. The molecule has 0 heterocycles. The second-order valence-corrected chi connectivity index (χ2v) is 4.98. The van der Waals surface area contributed by atoms with Gasteiger partial charge >= 0.3 is 11.9 Å². The van der Waals surface area contributed by atoms with E-state index >= 15 is 0 Å². The molecule has 0 bridgehead atoms. The standard InChI is InChI=1S/C18H24O4/c1-4-10-15(18(20)21-6-3)16(11-5-2)22-17(19)14-12-8-7-9-13-14/h4,7-9,12-13,15-16H,1,5-6,10-11H2,2-3H3. The van der Waals surface area contributed by atoms with E-state index in [2.05, 4.69) is 6.58 Å². The van der Waals surface area contributed by atoms with Crippen molar-refractivity contribution in [2.75, 3.05) is 6.61 Å². The van der Waals surface area contributed by atoms with Gasteiger partial charge in [0, 0.05) is 0 Å². The average molecular weight is 304 g/mol. The Morgan fingerprint density at radius 1 is 1.23 bits per heavy atom. The van der Waals surface area contributed by atoms with Gasteiger partial charge < -0.3 is 9.47 Å². The molecule has 0 aromatic heterocycles. The van der Waals surface area contributed by atoms with E-state index in [1.165, 1.54) is 0 Å². The van der Waals surface area contributed by atoms with Gasteiger partial charge in [-0.3, -0.25) is 4.79 Å². The van der Waals surface area contributed by atoms with Crippen LogP contribution in [0.15, 0.2) is 43.0 Å². The van der Waals surface area contributed by atoms with Crippen molar-refractivity contribution >= 4 is 11.9 Å². The number of hydrogen-bond acceptors (Lipinski definition) is 4. The lowest BCUT2D eigenvalue weighted by atomic mass is 9.95. The molecular weight excluding hydrogens is 280 g/mol. The molecule has 0 saturated carbocycles. The molecule has 1 aromatic rings. The van der Waals surface area contributed by atoms with Gasteiger partial charge in [0.05, 0.1) is 18.1 Å². The molecule has 22 heavy (non-hydrogen) atoms. The van der Waals surface area contributed by atoms with Crippen LogP contribution < -0.4 is 0 Å². The first-order valence-electron chi connectivity index (χ1n) is 7.67. The van der Waals surface area contributed by atoms with Crippen molar-refractivity contribution in [2.24, 2.45) is 5.92 Å². The zero-order valence-electron chi connectivity index (χ0n) is 13.3. The molecule has 0 saturated heterocycles. The molecule has 4 nitrogen and oxygen atoms in total. The minimum absolute atomic E-state index is 0.304. The van der Waals surface area contributed by atoms with Crippen molar-refractivity contribution in [2.45, 2.75) is 39.2 Å². The number of carbonyl (C=O) groups is 2. The number of carbonyl (C=O) groups excluding carboxylic acids is 2. The molecule has 1 aromatic carbocycles. The molecule has 4 heteroatoms. The minimum Gasteiger partial charge on any atom is -0.466 e. The van der Waals surface area contributed by atoms with Crippen molar-refractivity contribution in [3.05, 3.63) is 48.6 Å². The summed E-state index contributed by atoms with van der Waals surface area (Å²) in [5.41, 5.74) is 0.477. The Morgan fingerprint density at radius 3 is 2.45 bits per heavy atom. The van der Waals surface area contributed by atoms with E-state index < -0.39 is 18.0 Å². The van der Waals surface area contributed by atoms with E-state index in [-0.39, 0.29) is 5.97 Å². The maximum absolute atomic E-state index is 12.2. The van der Waals surface area contributed by atoms with Crippen LogP contribution in [0.5, 0.6) is 0 Å². The quantitative estimate of drug-likeness (QED) is 0.515. The second kappa shape index (κ2) is 9.77. The van der Waals surface area contributed by atoms with Crippen LogP contribution in [-0.2, 0) is 14.3 Å². The summed E-state index contributed by atoms with van der Waals surface area (Å²) in [6.07, 6.45) is 2.98. The first-order chi connectivity index (χ1) is 10.6. The van der Waals surface area contributed by atoms with Gasteiger partial charge in [0.1, 0.15) is 6.10 Å². The summed E-state index contributed by atoms with van der Waals surface area (Å²) in [5.74, 6) is -1.27. The zero-order valence-corrected chi connectivity index (χ0v) is 13.3. The number of benzene rings is 1. The first-order valence-corrected chi connectivity index (χ1v) is 7.67. The van der Waals surface area contributed by atoms with Crippen LogP contribution in [0.4, 0.5) is 0 Å². The van der Waals surface area contributed by atoms with Gasteiger partial charge in [0.15, 0.2) is 0 Å². The fourth-order valence-corrected chi connectivity index (χ4v) is 2.24. The molecule has 1 rings (SSSR count). The lowest BCUT2D eigenvalue weighted by molar-refractivity contribution is -0.152. The highest BCUT2D eigenvalue weighted by molar-refractivity contribution is 5.89. The van der Waals surface area contributed by atoms with Gasteiger partial charge in [0.25, 0.3) is 0 Å². The molecule has 2 unspecified atom stereocenters. The third kappa shape index (κ3) is 5.35. The largest absolute Gasteiger partial charge is 0.466 e. The van der Waals surface area contributed by atoms with E-state index in [4.69, 9.17) is 9.47 Å². The van der Waals surface area contributed by atoms with Gasteiger partial charge in [-0.05, 0) is 31.9 Å². The highest BCUT2D eigenvalue weighted by Crippen LogP contribution is 2.21. The summed E-state index contributed by atoms with van der Waals surface area (Å²) >= 11 is 0. The number of esters is 2. The summed E-state index contributed by atoms with van der Waals surface area (Å²) in [4.78, 5) is 24.3. The predicted octanol–water partition coefficient (Wildman–Crippen LogP) is 3.77. The molecule has 0 aliphatic rings. The summed E-state index contributed by atoms with van der Waals surface area (Å²) in [6, 6.07) is 8.77. The fraction of sp³-hybridized carbons (Fsp3) is 0.444. The fourth-order valence-electron chi connectivity index (χ4n) is 2.24. The minimum atomic E-state index is -0.509. The molecule has 0 fully saturated rings. The number of ether oxygens (including phenoxy) is 2. The van der Waals surface area contributed by atoms with Gasteiger partial charge in [0.2, 0.25) is 0 Å². The summed E-state index contributed by atoms with van der Waals surface area (Å²) < 4.78 is 10.7. The van der Waals surface area contributed by atoms with Crippen molar-refractivity contribution in [1.29, 1.82) is 0 Å². The van der Waals surface area contributed by atoms with Crippen LogP contribution in [0, 0.1) is 5.92 Å². The molecular formula is C18H24O4. The van der Waals surface area contributed by atoms with Gasteiger partial charge in [-0.2, -0.15) is 0 Å². The Labute approximate surface area is 132 Å². The normalized spacial score (nSPS) is 13.0. The van der Waals surface area contributed by atoms with Crippen LogP contribution in [0.2, 0.25) is 0 Å². The second-order valence-electron chi connectivity index (χ2n) is 4.98. The molecule has 120 valence electrons. The average Bonchev–Trinajstić information content (AvgIpc) is 2.53. The van der Waals surface area contributed by atoms with Crippen LogP contribution in [0.1, 0.15) is 43.5 Å². The summed E-state index contributed by atoms with van der Waals surface area (Å²) in [6.45, 7) is 7.72. The maximum atomic E-state index is 12.2. The highest BCUT2D eigenvalue weighted by atomic mass is 16.6. The Balaban J connectivity index is 2.86. The highest BCUT2D eigenvalue weighted by Gasteiger charge is 2.31. The monoisotopic (exact) mass is 304 g/mol. The van der Waals surface area contributed by atoms with E-state index in [1.807, 2.05) is 13.0 Å². The third-order valence-electron chi connectivity index (χ3n) is 3.30. The van der Waals surface area contributed by atoms with Gasteiger partial charge in [-0.1, -0.05) is 37.6 Å². The number of rotatable bonds is 9. The lowest BCUT2D eigenvalue weighted by Gasteiger charge is -2.24. The van der Waals surface area contributed by atoms with Crippen molar-refractivity contribution in [3.8, 4) is 0 Å². The van der Waals surface area contributed by atoms with Gasteiger partial charge in [-0.25, -0.2) is 4.79 Å². The molecule has 0 N–H and O–H groups in total. The molecule has 2 atom stereocenters. The van der Waals surface area contributed by atoms with Crippen molar-refractivity contribution in [3.63, 3.8) is 0 Å². The Kier molecular flexibility index (Phi) is 7.97. The lowest BCUT2D eigenvalue weighted by Crippen LogP contribution is -2.33. The molecule has 0 spiro atoms. The zero-order chi connectivity index (χ0) is 16.4. The van der Waals surface area contributed by atoms with Crippen molar-refractivity contribution < 1.29 is 19.1 Å². The molecule has 0 amide bonds. The van der Waals surface area contributed by atoms with Crippen LogP contribution in [-0.4, -0.2) is 24.6 Å². The SMILES string of the molecule is C=CCC(C(=O)OCC)C(CCC)OC(=O)c1ccccc1. The van der Waals surface area contributed by atoms with Crippen LogP contribution in [0.25, 0.3) is 0 Å². The molecule has 0 aliphatic heterocycles. The summed E-state index contributed by atoms with van der Waals surface area (Å²) in [5, 5.41) is 0. The third-order valence-corrected chi connectivity index (χ3v) is 3.30. The maximum Gasteiger partial charge on any atom is 0.338 e. The van der Waals surface area contributed by atoms with Gasteiger partial charge in [-0.15, -0.1) is 6.58 Å². The molecule has 0 radical (unpaired) electrons. The summed E-state index contributed by atoms with van der Waals surface area (Å²) in [7, 11) is 0. The Morgan fingerprint density at radius 2 is 1.91 bits per heavy atom. The Bertz CT molecular complexity index is 481. The number of hydrogen-bond donors (Lipinski definition) is 0. The smallest absolute Gasteiger partial charge is 0.338 e. The topological polar surface area (TPSA) is 52.6 Å². The van der Waals surface area contributed by atoms with Crippen molar-refractivity contribution in [1.82, 2.24) is 0 Å². The van der Waals surface area contributed by atoms with E-state index in [0.717, 1.165) is 6.42 Å². The molecule has 0 aliphatic carbocycles. The predicted molar refractivity (Wildman–Crippen MR) is 85.5 cm³/mol. The van der Waals surface area contributed by atoms with E-state index in [1.54, 1.807) is 37.3 Å². The van der Waals surface area contributed by atoms with Crippen LogP contribution in [0.3, 0.4) is 0 Å². The van der Waals surface area contributed by atoms with E-state index in [0.29, 0.717) is 25.0 Å². The van der Waals surface area contributed by atoms with E-state index in [9.17, 15) is 9.59 Å². The first kappa shape index (κ1) is 18.0. The van der Waals surface area contributed by atoms with Crippen LogP contribution >= 0.6 is 0 Å².